The minimum Gasteiger partial charge on any atom is -0.353 e. The number of H-pyrrole nitrogens is 1. The van der Waals surface area contributed by atoms with E-state index in [9.17, 15) is 0 Å². The number of pyridine rings is 1. The molecule has 0 saturated heterocycles. The van der Waals surface area contributed by atoms with E-state index in [4.69, 9.17) is 21.7 Å². The number of rotatable bonds is 3. The van der Waals surface area contributed by atoms with Gasteiger partial charge in [0.15, 0.2) is 6.29 Å². The average Bonchev–Trinajstić information content (AvgIpc) is 2.10. The number of ether oxygens (including phenoxy) is 2. The van der Waals surface area contributed by atoms with Crippen molar-refractivity contribution in [1.82, 2.24) is 4.98 Å². The minimum absolute atomic E-state index is 0.380. The van der Waals surface area contributed by atoms with Gasteiger partial charge in [0.1, 0.15) is 4.64 Å². The Morgan fingerprint density at radius 2 is 2.08 bits per heavy atom. The Kier molecular flexibility index (Phi) is 3.40. The van der Waals surface area contributed by atoms with Crippen LogP contribution in [0.15, 0.2) is 18.3 Å². The Morgan fingerprint density at radius 3 is 2.58 bits per heavy atom. The summed E-state index contributed by atoms with van der Waals surface area (Å²) < 4.78 is 10.8. The molecule has 4 heteroatoms. The van der Waals surface area contributed by atoms with Gasteiger partial charge in [-0.15, -0.1) is 0 Å². The second kappa shape index (κ2) is 4.35. The molecule has 1 N–H and O–H groups in total. The summed E-state index contributed by atoms with van der Waals surface area (Å²) >= 11 is 5.05. The molecule has 0 fully saturated rings. The number of hydrogen-bond acceptors (Lipinski definition) is 3. The van der Waals surface area contributed by atoms with Crippen LogP contribution in [0.4, 0.5) is 0 Å². The van der Waals surface area contributed by atoms with Gasteiger partial charge < -0.3 is 14.5 Å². The molecule has 0 radical (unpaired) electrons. The smallest absolute Gasteiger partial charge is 0.185 e. The largest absolute Gasteiger partial charge is 0.353 e. The van der Waals surface area contributed by atoms with E-state index in [1.54, 1.807) is 20.4 Å². The fourth-order valence-electron chi connectivity index (χ4n) is 0.970. The topological polar surface area (TPSA) is 34.2 Å². The second-order valence-electron chi connectivity index (χ2n) is 2.26. The molecule has 0 saturated carbocycles. The molecule has 0 aliphatic rings. The van der Waals surface area contributed by atoms with E-state index in [0.717, 1.165) is 5.56 Å². The van der Waals surface area contributed by atoms with Crippen molar-refractivity contribution in [3.05, 3.63) is 28.5 Å². The molecule has 1 aromatic heterocycles. The van der Waals surface area contributed by atoms with E-state index in [0.29, 0.717) is 4.64 Å². The normalized spacial score (nSPS) is 10.6. The van der Waals surface area contributed by atoms with Crippen LogP contribution in [-0.2, 0) is 9.47 Å². The summed E-state index contributed by atoms with van der Waals surface area (Å²) in [7, 11) is 3.16. The maximum absolute atomic E-state index is 5.06. The summed E-state index contributed by atoms with van der Waals surface area (Å²) in [5.41, 5.74) is 0.845. The first-order valence-electron chi connectivity index (χ1n) is 3.52. The third-order valence-electron chi connectivity index (χ3n) is 1.53. The average molecular weight is 185 g/mol. The van der Waals surface area contributed by atoms with Crippen LogP contribution in [0.25, 0.3) is 0 Å². The van der Waals surface area contributed by atoms with Crippen LogP contribution in [0.3, 0.4) is 0 Å². The molecule has 1 rings (SSSR count). The summed E-state index contributed by atoms with van der Waals surface area (Å²) in [5.74, 6) is 0. The molecule has 0 atom stereocenters. The van der Waals surface area contributed by atoms with Gasteiger partial charge in [0.25, 0.3) is 0 Å². The molecule has 0 unspecified atom stereocenters. The van der Waals surface area contributed by atoms with Gasteiger partial charge in [-0.1, -0.05) is 12.2 Å². The zero-order valence-electron chi connectivity index (χ0n) is 7.03. The molecule has 12 heavy (non-hydrogen) atoms. The zero-order chi connectivity index (χ0) is 8.97. The Hall–Kier alpha value is -0.710. The molecule has 0 aliphatic carbocycles. The molecule has 0 bridgehead atoms. The lowest BCUT2D eigenvalue weighted by Crippen LogP contribution is -2.04. The number of nitrogens with one attached hydrogen (secondary N) is 1. The van der Waals surface area contributed by atoms with E-state index >= 15 is 0 Å². The van der Waals surface area contributed by atoms with Gasteiger partial charge in [0.05, 0.1) is 0 Å². The molecular weight excluding hydrogens is 174 g/mol. The van der Waals surface area contributed by atoms with Crippen LogP contribution in [0.5, 0.6) is 0 Å². The van der Waals surface area contributed by atoms with Gasteiger partial charge in [0, 0.05) is 26.0 Å². The lowest BCUT2D eigenvalue weighted by atomic mass is 10.3. The van der Waals surface area contributed by atoms with Crippen molar-refractivity contribution in [1.29, 1.82) is 0 Å². The maximum Gasteiger partial charge on any atom is 0.185 e. The molecule has 0 aliphatic heterocycles. The predicted octanol–water partition coefficient (Wildman–Crippen LogP) is 2.04. The Labute approximate surface area is 76.3 Å². The van der Waals surface area contributed by atoms with Crippen LogP contribution in [0.2, 0.25) is 0 Å². The molecule has 0 amide bonds. The van der Waals surface area contributed by atoms with E-state index < -0.39 is 0 Å². The van der Waals surface area contributed by atoms with Crippen molar-refractivity contribution in [2.24, 2.45) is 0 Å². The highest BCUT2D eigenvalue weighted by Gasteiger charge is 2.09. The van der Waals surface area contributed by atoms with Gasteiger partial charge in [-0.25, -0.2) is 0 Å². The van der Waals surface area contributed by atoms with E-state index in [2.05, 4.69) is 4.98 Å². The molecule has 0 aromatic carbocycles. The summed E-state index contributed by atoms with van der Waals surface area (Å²) in [6.45, 7) is 0. The van der Waals surface area contributed by atoms with Gasteiger partial charge in [0.2, 0.25) is 0 Å². The van der Waals surface area contributed by atoms with Crippen LogP contribution < -0.4 is 0 Å². The first-order chi connectivity index (χ1) is 5.79. The van der Waals surface area contributed by atoms with Gasteiger partial charge in [-0.3, -0.25) is 0 Å². The third-order valence-corrected chi connectivity index (χ3v) is 1.88. The van der Waals surface area contributed by atoms with E-state index in [1.807, 2.05) is 12.1 Å². The van der Waals surface area contributed by atoms with E-state index in [1.165, 1.54) is 0 Å². The van der Waals surface area contributed by atoms with Gasteiger partial charge in [-0.2, -0.15) is 0 Å². The van der Waals surface area contributed by atoms with Crippen LogP contribution in [0, 0.1) is 4.64 Å². The summed E-state index contributed by atoms with van der Waals surface area (Å²) in [5, 5.41) is 0. The highest BCUT2D eigenvalue weighted by Crippen LogP contribution is 2.16. The van der Waals surface area contributed by atoms with Crippen molar-refractivity contribution in [3.8, 4) is 0 Å². The number of aromatic nitrogens is 1. The molecular formula is C8H11NO2S. The van der Waals surface area contributed by atoms with Crippen LogP contribution >= 0.6 is 12.2 Å². The number of methoxy groups -OCH3 is 2. The Morgan fingerprint density at radius 1 is 1.42 bits per heavy atom. The van der Waals surface area contributed by atoms with Crippen molar-refractivity contribution in [2.45, 2.75) is 6.29 Å². The van der Waals surface area contributed by atoms with Crippen LogP contribution in [0.1, 0.15) is 11.9 Å². The fourth-order valence-corrected chi connectivity index (χ4v) is 1.20. The van der Waals surface area contributed by atoms with Crippen molar-refractivity contribution in [2.75, 3.05) is 14.2 Å². The first kappa shape index (κ1) is 9.38. The quantitative estimate of drug-likeness (QED) is 0.578. The summed E-state index contributed by atoms with van der Waals surface area (Å²) in [4.78, 5) is 2.90. The Bertz CT molecular complexity index is 293. The lowest BCUT2D eigenvalue weighted by Gasteiger charge is -2.12. The highest BCUT2D eigenvalue weighted by molar-refractivity contribution is 7.71. The number of hydrogen-bond donors (Lipinski definition) is 1. The molecule has 0 spiro atoms. The van der Waals surface area contributed by atoms with Crippen molar-refractivity contribution >= 4 is 12.2 Å². The van der Waals surface area contributed by atoms with Gasteiger partial charge in [-0.05, 0) is 12.1 Å². The standard InChI is InChI=1S/C8H11NO2S/c1-10-8(11-2)6-4-3-5-9-7(6)12/h3-5,8H,1-2H3,(H,9,12). The minimum atomic E-state index is -0.380. The fraction of sp³-hybridized carbons (Fsp3) is 0.375. The predicted molar refractivity (Wildman–Crippen MR) is 48.4 cm³/mol. The third kappa shape index (κ3) is 1.91. The van der Waals surface area contributed by atoms with Crippen molar-refractivity contribution < 1.29 is 9.47 Å². The van der Waals surface area contributed by atoms with E-state index in [-0.39, 0.29) is 6.29 Å². The Balaban J connectivity index is 3.00. The first-order valence-corrected chi connectivity index (χ1v) is 3.93. The number of aromatic amines is 1. The highest BCUT2D eigenvalue weighted by atomic mass is 32.1. The van der Waals surface area contributed by atoms with Crippen molar-refractivity contribution in [3.63, 3.8) is 0 Å². The molecule has 66 valence electrons. The second-order valence-corrected chi connectivity index (χ2v) is 2.67. The zero-order valence-corrected chi connectivity index (χ0v) is 7.85. The molecule has 1 aromatic rings. The summed E-state index contributed by atoms with van der Waals surface area (Å²) in [6.07, 6.45) is 1.39. The van der Waals surface area contributed by atoms with Gasteiger partial charge >= 0.3 is 0 Å². The lowest BCUT2D eigenvalue weighted by molar-refractivity contribution is -0.106. The maximum atomic E-state index is 5.06. The SMILES string of the molecule is COC(OC)c1ccc[nH]c1=S. The summed E-state index contributed by atoms with van der Waals surface area (Å²) in [6, 6.07) is 3.73. The monoisotopic (exact) mass is 185 g/mol. The van der Waals surface area contributed by atoms with Crippen LogP contribution in [-0.4, -0.2) is 19.2 Å². The molecule has 1 heterocycles. The molecule has 3 nitrogen and oxygen atoms in total.